The van der Waals surface area contributed by atoms with Gasteiger partial charge in [-0.05, 0) is 43.5 Å². The van der Waals surface area contributed by atoms with E-state index in [1.54, 1.807) is 19.2 Å². The minimum Gasteiger partial charge on any atom is -0.496 e. The third-order valence-corrected chi connectivity index (χ3v) is 3.79. The second-order valence-electron chi connectivity index (χ2n) is 4.55. The molecule has 0 aliphatic carbocycles. The highest BCUT2D eigenvalue weighted by Crippen LogP contribution is 2.27. The van der Waals surface area contributed by atoms with Gasteiger partial charge in [0.05, 0.1) is 7.11 Å². The quantitative estimate of drug-likeness (QED) is 0.820. The summed E-state index contributed by atoms with van der Waals surface area (Å²) >= 11 is 1.83. The fourth-order valence-electron chi connectivity index (χ4n) is 1.94. The summed E-state index contributed by atoms with van der Waals surface area (Å²) in [5, 5.41) is 3.37. The molecule has 1 rings (SSSR count). The summed E-state index contributed by atoms with van der Waals surface area (Å²) in [6.45, 7) is 5.03. The molecular formula is C14H22FNOS. The van der Waals surface area contributed by atoms with Crippen molar-refractivity contribution < 1.29 is 9.13 Å². The number of methoxy groups -OCH3 is 1. The third kappa shape index (κ3) is 4.18. The van der Waals surface area contributed by atoms with Gasteiger partial charge in [-0.3, -0.25) is 0 Å². The Bertz CT molecular complexity index is 373. The first-order valence-electron chi connectivity index (χ1n) is 6.14. The minimum absolute atomic E-state index is 0.0505. The lowest BCUT2D eigenvalue weighted by molar-refractivity contribution is 0.390. The number of benzene rings is 1. The molecule has 0 aliphatic rings. The molecule has 0 aliphatic heterocycles. The van der Waals surface area contributed by atoms with Gasteiger partial charge >= 0.3 is 0 Å². The van der Waals surface area contributed by atoms with E-state index in [0.717, 1.165) is 12.3 Å². The van der Waals surface area contributed by atoms with Crippen LogP contribution in [0.25, 0.3) is 0 Å². The second-order valence-corrected chi connectivity index (χ2v) is 5.46. The molecule has 1 aromatic rings. The molecule has 102 valence electrons. The summed E-state index contributed by atoms with van der Waals surface area (Å²) in [5.41, 5.74) is 0.608. The smallest absolute Gasteiger partial charge is 0.131 e. The molecule has 0 heterocycles. The van der Waals surface area contributed by atoms with E-state index in [1.165, 1.54) is 6.07 Å². The molecule has 0 fully saturated rings. The molecule has 0 aromatic heterocycles. The highest BCUT2D eigenvalue weighted by atomic mass is 32.2. The minimum atomic E-state index is -0.216. The van der Waals surface area contributed by atoms with Crippen LogP contribution in [0.1, 0.15) is 25.5 Å². The number of hydrogen-bond acceptors (Lipinski definition) is 3. The highest BCUT2D eigenvalue weighted by molar-refractivity contribution is 7.98. The maximum Gasteiger partial charge on any atom is 0.131 e. The topological polar surface area (TPSA) is 21.3 Å². The average molecular weight is 271 g/mol. The van der Waals surface area contributed by atoms with E-state index in [4.69, 9.17) is 4.74 Å². The molecule has 0 bridgehead atoms. The lowest BCUT2D eigenvalue weighted by Gasteiger charge is -2.20. The van der Waals surface area contributed by atoms with Crippen molar-refractivity contribution in [2.24, 2.45) is 5.92 Å². The van der Waals surface area contributed by atoms with E-state index in [-0.39, 0.29) is 11.9 Å². The number of ether oxygens (including phenoxy) is 1. The Morgan fingerprint density at radius 1 is 1.39 bits per heavy atom. The first-order chi connectivity index (χ1) is 8.60. The van der Waals surface area contributed by atoms with E-state index in [2.05, 4.69) is 18.5 Å². The second kappa shape index (κ2) is 7.64. The maximum absolute atomic E-state index is 13.8. The van der Waals surface area contributed by atoms with Gasteiger partial charge in [0.2, 0.25) is 0 Å². The fourth-order valence-corrected chi connectivity index (χ4v) is 2.63. The molecular weight excluding hydrogens is 249 g/mol. The first kappa shape index (κ1) is 15.3. The third-order valence-electron chi connectivity index (χ3n) is 2.89. The van der Waals surface area contributed by atoms with Crippen molar-refractivity contribution in [3.8, 4) is 5.75 Å². The van der Waals surface area contributed by atoms with E-state index >= 15 is 0 Å². The zero-order valence-electron chi connectivity index (χ0n) is 11.5. The Morgan fingerprint density at radius 2 is 2.11 bits per heavy atom. The van der Waals surface area contributed by atoms with Crippen LogP contribution in [0, 0.1) is 11.7 Å². The monoisotopic (exact) mass is 271 g/mol. The van der Waals surface area contributed by atoms with E-state index in [1.807, 2.05) is 18.7 Å². The average Bonchev–Trinajstić information content (AvgIpc) is 2.36. The predicted molar refractivity (Wildman–Crippen MR) is 76.9 cm³/mol. The predicted octanol–water partition coefficient (Wildman–Crippen LogP) is 3.48. The largest absolute Gasteiger partial charge is 0.496 e. The first-order valence-corrected chi connectivity index (χ1v) is 7.54. The molecule has 2 atom stereocenters. The van der Waals surface area contributed by atoms with Gasteiger partial charge in [-0.2, -0.15) is 11.8 Å². The summed E-state index contributed by atoms with van der Waals surface area (Å²) < 4.78 is 19.1. The van der Waals surface area contributed by atoms with Crippen LogP contribution >= 0.6 is 11.8 Å². The summed E-state index contributed by atoms with van der Waals surface area (Å²) in [6, 6.07) is 4.88. The van der Waals surface area contributed by atoms with Crippen molar-refractivity contribution in [3.05, 3.63) is 29.6 Å². The van der Waals surface area contributed by atoms with Crippen molar-refractivity contribution in [3.63, 3.8) is 0 Å². The Balaban J connectivity index is 2.69. The lowest BCUT2D eigenvalue weighted by Crippen LogP contribution is -2.26. The highest BCUT2D eigenvalue weighted by Gasteiger charge is 2.16. The van der Waals surface area contributed by atoms with Crippen LogP contribution < -0.4 is 10.1 Å². The molecule has 0 spiro atoms. The van der Waals surface area contributed by atoms with Gasteiger partial charge in [0.1, 0.15) is 11.6 Å². The number of thioether (sulfide) groups is 1. The molecule has 1 N–H and O–H groups in total. The van der Waals surface area contributed by atoms with E-state index < -0.39 is 0 Å². The zero-order chi connectivity index (χ0) is 13.5. The molecule has 0 radical (unpaired) electrons. The molecule has 0 amide bonds. The van der Waals surface area contributed by atoms with Crippen molar-refractivity contribution >= 4 is 11.8 Å². The van der Waals surface area contributed by atoms with Gasteiger partial charge in [-0.1, -0.05) is 13.0 Å². The number of nitrogens with one attached hydrogen (secondary N) is 1. The van der Waals surface area contributed by atoms with E-state index in [9.17, 15) is 4.39 Å². The lowest BCUT2D eigenvalue weighted by atomic mass is 10.1. The Hall–Kier alpha value is -0.740. The fraction of sp³-hybridized carbons (Fsp3) is 0.571. The SMILES string of the molecule is COc1cccc(F)c1C(C)NCC(C)CSC. The number of hydrogen-bond donors (Lipinski definition) is 1. The van der Waals surface area contributed by atoms with Gasteiger partial charge in [0.15, 0.2) is 0 Å². The van der Waals surface area contributed by atoms with Crippen molar-refractivity contribution in [1.82, 2.24) is 5.32 Å². The summed E-state index contributed by atoms with van der Waals surface area (Å²) in [6.07, 6.45) is 2.10. The molecule has 1 aromatic carbocycles. The zero-order valence-corrected chi connectivity index (χ0v) is 12.3. The summed E-state index contributed by atoms with van der Waals surface area (Å²) in [7, 11) is 1.57. The van der Waals surface area contributed by atoms with Crippen LogP contribution in [-0.2, 0) is 0 Å². The number of rotatable bonds is 7. The number of halogens is 1. The molecule has 2 nitrogen and oxygen atoms in total. The molecule has 2 unspecified atom stereocenters. The van der Waals surface area contributed by atoms with Crippen molar-refractivity contribution in [2.75, 3.05) is 25.7 Å². The van der Waals surface area contributed by atoms with Crippen LogP contribution in [0.4, 0.5) is 4.39 Å². The van der Waals surface area contributed by atoms with Crippen LogP contribution in [0.15, 0.2) is 18.2 Å². The van der Waals surface area contributed by atoms with Gasteiger partial charge < -0.3 is 10.1 Å². The molecule has 4 heteroatoms. The van der Waals surface area contributed by atoms with Crippen LogP contribution in [0.3, 0.4) is 0 Å². The van der Waals surface area contributed by atoms with Gasteiger partial charge in [-0.25, -0.2) is 4.39 Å². The molecule has 18 heavy (non-hydrogen) atoms. The van der Waals surface area contributed by atoms with E-state index in [0.29, 0.717) is 17.2 Å². The maximum atomic E-state index is 13.8. The standard InChI is InChI=1S/C14H22FNOS/c1-10(9-18-4)8-16-11(2)14-12(15)6-5-7-13(14)17-3/h5-7,10-11,16H,8-9H2,1-4H3. The van der Waals surface area contributed by atoms with Crippen LogP contribution in [0.2, 0.25) is 0 Å². The summed E-state index contributed by atoms with van der Waals surface area (Å²) in [4.78, 5) is 0. The Morgan fingerprint density at radius 3 is 2.72 bits per heavy atom. The van der Waals surface area contributed by atoms with Gasteiger partial charge in [-0.15, -0.1) is 0 Å². The molecule has 0 saturated carbocycles. The van der Waals surface area contributed by atoms with Gasteiger partial charge in [0, 0.05) is 11.6 Å². The molecule has 0 saturated heterocycles. The van der Waals surface area contributed by atoms with Gasteiger partial charge in [0.25, 0.3) is 0 Å². The summed E-state index contributed by atoms with van der Waals surface area (Å²) in [5.74, 6) is 2.06. The normalized spacial score (nSPS) is 14.3. The van der Waals surface area contributed by atoms with Crippen molar-refractivity contribution in [1.29, 1.82) is 0 Å². The van der Waals surface area contributed by atoms with Crippen LogP contribution in [-0.4, -0.2) is 25.7 Å². The van der Waals surface area contributed by atoms with Crippen LogP contribution in [0.5, 0.6) is 5.75 Å². The van der Waals surface area contributed by atoms with Crippen molar-refractivity contribution in [2.45, 2.75) is 19.9 Å². The Kier molecular flexibility index (Phi) is 6.50. The Labute approximate surface area is 113 Å².